The van der Waals surface area contributed by atoms with Gasteiger partial charge in [0.25, 0.3) is 0 Å². The Morgan fingerprint density at radius 1 is 1.42 bits per heavy atom. The zero-order valence-corrected chi connectivity index (χ0v) is 14.8. The van der Waals surface area contributed by atoms with Crippen molar-refractivity contribution in [2.45, 2.75) is 19.4 Å². The smallest absolute Gasteiger partial charge is 0.191 e. The first-order valence-corrected chi connectivity index (χ1v) is 8.21. The van der Waals surface area contributed by atoms with Crippen LogP contribution in [0, 0.1) is 5.92 Å². The van der Waals surface area contributed by atoms with Crippen LogP contribution in [0.3, 0.4) is 0 Å². The summed E-state index contributed by atoms with van der Waals surface area (Å²) in [5, 5.41) is 6.42. The van der Waals surface area contributed by atoms with Crippen molar-refractivity contribution in [2.24, 2.45) is 10.9 Å². The highest BCUT2D eigenvalue weighted by Crippen LogP contribution is 2.28. The van der Waals surface area contributed by atoms with Crippen molar-refractivity contribution in [3.05, 3.63) is 0 Å². The van der Waals surface area contributed by atoms with E-state index in [0.29, 0.717) is 19.2 Å². The van der Waals surface area contributed by atoms with Crippen molar-refractivity contribution in [3.8, 4) is 0 Å². The van der Waals surface area contributed by atoms with Crippen LogP contribution >= 0.6 is 24.0 Å². The number of aliphatic imine (C=N–C) groups is 1. The number of nitrogens with one attached hydrogen (secondary N) is 2. The molecule has 6 nitrogen and oxygen atoms in total. The fraction of sp³-hybridized carbons (Fsp3) is 0.909. The average molecular weight is 405 g/mol. The van der Waals surface area contributed by atoms with Crippen molar-refractivity contribution >= 4 is 39.8 Å². The van der Waals surface area contributed by atoms with E-state index in [4.69, 9.17) is 4.74 Å². The summed E-state index contributed by atoms with van der Waals surface area (Å²) >= 11 is 0. The highest BCUT2D eigenvalue weighted by molar-refractivity contribution is 14.0. The normalized spacial score (nSPS) is 22.6. The van der Waals surface area contributed by atoms with E-state index in [1.165, 1.54) is 12.7 Å². The molecule has 0 saturated heterocycles. The fourth-order valence-corrected chi connectivity index (χ4v) is 1.87. The van der Waals surface area contributed by atoms with E-state index in [2.05, 4.69) is 22.5 Å². The molecule has 0 aromatic rings. The maximum Gasteiger partial charge on any atom is 0.191 e. The Morgan fingerprint density at radius 2 is 2.05 bits per heavy atom. The van der Waals surface area contributed by atoms with Gasteiger partial charge in [-0.2, -0.15) is 0 Å². The van der Waals surface area contributed by atoms with E-state index in [9.17, 15) is 8.42 Å². The van der Waals surface area contributed by atoms with Crippen molar-refractivity contribution in [3.63, 3.8) is 0 Å². The Bertz CT molecular complexity index is 387. The predicted octanol–water partition coefficient (Wildman–Crippen LogP) is 0.239. The van der Waals surface area contributed by atoms with Gasteiger partial charge in [0.2, 0.25) is 0 Å². The summed E-state index contributed by atoms with van der Waals surface area (Å²) < 4.78 is 26.9. The highest BCUT2D eigenvalue weighted by Gasteiger charge is 2.33. The molecule has 19 heavy (non-hydrogen) atoms. The lowest BCUT2D eigenvalue weighted by Gasteiger charge is -2.11. The number of sulfone groups is 1. The molecule has 2 atom stereocenters. The number of hydrogen-bond donors (Lipinski definition) is 2. The summed E-state index contributed by atoms with van der Waals surface area (Å²) in [5.41, 5.74) is 0. The summed E-state index contributed by atoms with van der Waals surface area (Å²) in [6.45, 7) is 3.52. The standard InChI is InChI=1S/C11H23N3O3S.HI/c1-9-8-10(9)14-11(12-2)13-4-5-17-6-7-18(3,15)16;/h9-10H,4-8H2,1-3H3,(H2,12,13,14);1H. The van der Waals surface area contributed by atoms with E-state index in [-0.39, 0.29) is 36.3 Å². The largest absolute Gasteiger partial charge is 0.379 e. The van der Waals surface area contributed by atoms with Gasteiger partial charge in [-0.25, -0.2) is 8.42 Å². The van der Waals surface area contributed by atoms with Gasteiger partial charge >= 0.3 is 0 Å². The molecule has 1 rings (SSSR count). The molecule has 0 aliphatic heterocycles. The van der Waals surface area contributed by atoms with Crippen LogP contribution in [0.2, 0.25) is 0 Å². The second-order valence-electron chi connectivity index (χ2n) is 4.71. The molecule has 0 amide bonds. The van der Waals surface area contributed by atoms with Gasteiger partial charge in [-0.3, -0.25) is 4.99 Å². The third-order valence-corrected chi connectivity index (χ3v) is 3.70. The second kappa shape index (κ2) is 8.96. The quantitative estimate of drug-likeness (QED) is 0.275. The number of rotatable bonds is 7. The second-order valence-corrected chi connectivity index (χ2v) is 6.96. The van der Waals surface area contributed by atoms with Crippen LogP contribution in [0.1, 0.15) is 13.3 Å². The van der Waals surface area contributed by atoms with E-state index < -0.39 is 9.84 Å². The van der Waals surface area contributed by atoms with Crippen molar-refractivity contribution in [1.29, 1.82) is 0 Å². The zero-order chi connectivity index (χ0) is 13.6. The lowest BCUT2D eigenvalue weighted by Crippen LogP contribution is -2.40. The van der Waals surface area contributed by atoms with Gasteiger partial charge in [0.05, 0.1) is 19.0 Å². The van der Waals surface area contributed by atoms with Gasteiger partial charge < -0.3 is 15.4 Å². The Kier molecular flexibility index (Phi) is 8.92. The Labute approximate surface area is 132 Å². The zero-order valence-electron chi connectivity index (χ0n) is 11.7. The van der Waals surface area contributed by atoms with Crippen LogP contribution in [0.5, 0.6) is 0 Å². The minimum absolute atomic E-state index is 0. The summed E-state index contributed by atoms with van der Waals surface area (Å²) in [7, 11) is -1.20. The molecule has 114 valence electrons. The van der Waals surface area contributed by atoms with Crippen molar-refractivity contribution in [2.75, 3.05) is 38.8 Å². The number of hydrogen-bond acceptors (Lipinski definition) is 4. The molecule has 1 aliphatic carbocycles. The van der Waals surface area contributed by atoms with Crippen LogP contribution in [0.15, 0.2) is 4.99 Å². The van der Waals surface area contributed by atoms with Crippen LogP contribution in [0.25, 0.3) is 0 Å². The van der Waals surface area contributed by atoms with Crippen LogP contribution in [-0.2, 0) is 14.6 Å². The fourth-order valence-electron chi connectivity index (χ4n) is 1.45. The van der Waals surface area contributed by atoms with E-state index in [1.807, 2.05) is 0 Å². The highest BCUT2D eigenvalue weighted by atomic mass is 127. The number of ether oxygens (including phenoxy) is 1. The van der Waals surface area contributed by atoms with Gasteiger partial charge in [0.15, 0.2) is 5.96 Å². The van der Waals surface area contributed by atoms with Gasteiger partial charge in [-0.15, -0.1) is 24.0 Å². The minimum atomic E-state index is -2.93. The lowest BCUT2D eigenvalue weighted by molar-refractivity contribution is 0.154. The molecule has 1 saturated carbocycles. The molecule has 1 fully saturated rings. The lowest BCUT2D eigenvalue weighted by atomic mass is 10.5. The summed E-state index contributed by atoms with van der Waals surface area (Å²) in [4.78, 5) is 4.10. The molecule has 0 aromatic carbocycles. The number of guanidine groups is 1. The minimum Gasteiger partial charge on any atom is -0.379 e. The molecule has 0 radical (unpaired) electrons. The van der Waals surface area contributed by atoms with Gasteiger partial charge in [-0.05, 0) is 12.3 Å². The predicted molar refractivity (Wildman–Crippen MR) is 88.0 cm³/mol. The third-order valence-electron chi connectivity index (χ3n) is 2.79. The molecule has 0 spiro atoms. The molecule has 0 heterocycles. The Hall–Kier alpha value is -0.0900. The molecule has 2 N–H and O–H groups in total. The third kappa shape index (κ3) is 9.44. The maximum atomic E-state index is 10.9. The molecule has 0 bridgehead atoms. The summed E-state index contributed by atoms with van der Waals surface area (Å²) in [5.74, 6) is 1.56. The number of halogens is 1. The van der Waals surface area contributed by atoms with Gasteiger partial charge in [-0.1, -0.05) is 6.92 Å². The van der Waals surface area contributed by atoms with Gasteiger partial charge in [0, 0.05) is 25.9 Å². The SMILES string of the molecule is CN=C(NCCOCCS(C)(=O)=O)NC1CC1C.I. The van der Waals surface area contributed by atoms with Crippen molar-refractivity contribution in [1.82, 2.24) is 10.6 Å². The molecular weight excluding hydrogens is 381 g/mol. The van der Waals surface area contributed by atoms with Crippen LogP contribution in [-0.4, -0.2) is 59.2 Å². The molecular formula is C11H24IN3O3S. The molecule has 8 heteroatoms. The first kappa shape index (κ1) is 18.9. The Morgan fingerprint density at radius 3 is 2.53 bits per heavy atom. The van der Waals surface area contributed by atoms with Crippen molar-refractivity contribution < 1.29 is 13.2 Å². The molecule has 1 aliphatic rings. The number of nitrogens with zero attached hydrogens (tertiary/aromatic N) is 1. The van der Waals surface area contributed by atoms with Crippen LogP contribution < -0.4 is 10.6 Å². The van der Waals surface area contributed by atoms with Crippen LogP contribution in [0.4, 0.5) is 0 Å². The Balaban J connectivity index is 0.00000324. The van der Waals surface area contributed by atoms with E-state index in [1.54, 1.807) is 7.05 Å². The van der Waals surface area contributed by atoms with E-state index in [0.717, 1.165) is 11.9 Å². The topological polar surface area (TPSA) is 79.8 Å². The monoisotopic (exact) mass is 405 g/mol. The summed E-state index contributed by atoms with van der Waals surface area (Å²) in [6, 6.07) is 0.530. The van der Waals surface area contributed by atoms with Gasteiger partial charge in [0.1, 0.15) is 9.84 Å². The maximum absolute atomic E-state index is 10.9. The van der Waals surface area contributed by atoms with E-state index >= 15 is 0 Å². The first-order valence-electron chi connectivity index (χ1n) is 6.15. The first-order chi connectivity index (χ1) is 8.42. The molecule has 2 unspecified atom stereocenters. The molecule has 0 aromatic heterocycles. The average Bonchev–Trinajstić information content (AvgIpc) is 2.96. The summed E-state index contributed by atoms with van der Waals surface area (Å²) in [6.07, 6.45) is 2.39.